The third kappa shape index (κ3) is 2.58. The minimum Gasteiger partial charge on any atom is -0.496 e. The van der Waals surface area contributed by atoms with Crippen LogP contribution >= 0.6 is 0 Å². The van der Waals surface area contributed by atoms with Crippen molar-refractivity contribution in [1.29, 1.82) is 0 Å². The lowest BCUT2D eigenvalue weighted by Crippen LogP contribution is -2.15. The Morgan fingerprint density at radius 1 is 1.11 bits per heavy atom. The Labute approximate surface area is 110 Å². The number of halogens is 2. The highest BCUT2D eigenvalue weighted by Gasteiger charge is 2.19. The summed E-state index contributed by atoms with van der Waals surface area (Å²) < 4.78 is 32.2. The Morgan fingerprint density at radius 3 is 2.53 bits per heavy atom. The largest absolute Gasteiger partial charge is 0.496 e. The fourth-order valence-corrected chi connectivity index (χ4v) is 2.00. The highest BCUT2D eigenvalue weighted by atomic mass is 19.2. The third-order valence-electron chi connectivity index (χ3n) is 3.04. The van der Waals surface area contributed by atoms with Gasteiger partial charge in [-0.15, -0.1) is 0 Å². The normalized spacial score (nSPS) is 12.3. The highest BCUT2D eigenvalue weighted by Crippen LogP contribution is 2.30. The first-order chi connectivity index (χ1) is 9.04. The Morgan fingerprint density at radius 2 is 1.84 bits per heavy atom. The molecule has 0 spiro atoms. The molecule has 4 heteroatoms. The number of hydrogen-bond donors (Lipinski definition) is 1. The molecule has 1 atom stereocenters. The molecule has 2 N–H and O–H groups in total. The molecule has 0 aliphatic carbocycles. The van der Waals surface area contributed by atoms with Gasteiger partial charge in [-0.1, -0.05) is 24.3 Å². The molecule has 0 radical (unpaired) electrons. The summed E-state index contributed by atoms with van der Waals surface area (Å²) in [5.74, 6) is -1.26. The number of benzene rings is 2. The van der Waals surface area contributed by atoms with Gasteiger partial charge in [0.05, 0.1) is 13.2 Å². The van der Waals surface area contributed by atoms with Crippen LogP contribution in [0.15, 0.2) is 36.4 Å². The Bertz CT molecular complexity index is 599. The quantitative estimate of drug-likeness (QED) is 0.921. The topological polar surface area (TPSA) is 35.2 Å². The lowest BCUT2D eigenvalue weighted by molar-refractivity contribution is 0.406. The molecule has 0 bridgehead atoms. The lowest BCUT2D eigenvalue weighted by Gasteiger charge is -2.17. The van der Waals surface area contributed by atoms with Crippen molar-refractivity contribution in [3.05, 3.63) is 64.7 Å². The van der Waals surface area contributed by atoms with Gasteiger partial charge in [-0.05, 0) is 24.6 Å². The monoisotopic (exact) mass is 263 g/mol. The molecule has 0 aromatic heterocycles. The van der Waals surface area contributed by atoms with E-state index in [0.29, 0.717) is 11.3 Å². The number of nitrogens with two attached hydrogens (primary N) is 1. The lowest BCUT2D eigenvalue weighted by atomic mass is 9.97. The molecule has 0 aliphatic heterocycles. The maximum absolute atomic E-state index is 13.8. The fraction of sp³-hybridized carbons (Fsp3) is 0.200. The molecule has 2 aromatic rings. The highest BCUT2D eigenvalue weighted by molar-refractivity contribution is 5.43. The van der Waals surface area contributed by atoms with Crippen molar-refractivity contribution < 1.29 is 13.5 Å². The molecule has 0 saturated carbocycles. The summed E-state index contributed by atoms with van der Waals surface area (Å²) in [5, 5.41) is 0. The predicted octanol–water partition coefficient (Wildman–Crippen LogP) is 3.33. The van der Waals surface area contributed by atoms with Crippen LogP contribution in [0.25, 0.3) is 0 Å². The van der Waals surface area contributed by atoms with Gasteiger partial charge in [0.15, 0.2) is 11.6 Å². The van der Waals surface area contributed by atoms with Gasteiger partial charge in [0.2, 0.25) is 0 Å². The van der Waals surface area contributed by atoms with E-state index in [9.17, 15) is 8.78 Å². The van der Waals surface area contributed by atoms with Crippen molar-refractivity contribution in [3.63, 3.8) is 0 Å². The maximum Gasteiger partial charge on any atom is 0.163 e. The van der Waals surface area contributed by atoms with Crippen molar-refractivity contribution in [2.75, 3.05) is 7.11 Å². The summed E-state index contributed by atoms with van der Waals surface area (Å²) in [5.41, 5.74) is 7.77. The van der Waals surface area contributed by atoms with E-state index in [1.165, 1.54) is 19.2 Å². The number of hydrogen-bond acceptors (Lipinski definition) is 2. The first-order valence-electron chi connectivity index (χ1n) is 5.88. The van der Waals surface area contributed by atoms with E-state index in [-0.39, 0.29) is 5.56 Å². The molecule has 0 saturated heterocycles. The molecule has 0 heterocycles. The van der Waals surface area contributed by atoms with Crippen LogP contribution in [-0.4, -0.2) is 7.11 Å². The van der Waals surface area contributed by atoms with Crippen LogP contribution in [0.5, 0.6) is 5.75 Å². The van der Waals surface area contributed by atoms with Crippen molar-refractivity contribution in [3.8, 4) is 5.75 Å². The summed E-state index contributed by atoms with van der Waals surface area (Å²) >= 11 is 0. The number of ether oxygens (including phenoxy) is 1. The predicted molar refractivity (Wildman–Crippen MR) is 70.1 cm³/mol. The average Bonchev–Trinajstić information content (AvgIpc) is 2.41. The summed E-state index contributed by atoms with van der Waals surface area (Å²) in [6.45, 7) is 1.92. The summed E-state index contributed by atoms with van der Waals surface area (Å²) in [6.07, 6.45) is 0. The Kier molecular flexibility index (Phi) is 3.81. The second-order valence-corrected chi connectivity index (χ2v) is 4.37. The fourth-order valence-electron chi connectivity index (χ4n) is 2.00. The second-order valence-electron chi connectivity index (χ2n) is 4.37. The van der Waals surface area contributed by atoms with Crippen LogP contribution in [0.4, 0.5) is 8.78 Å². The maximum atomic E-state index is 13.8. The van der Waals surface area contributed by atoms with Gasteiger partial charge in [-0.25, -0.2) is 8.78 Å². The molecular formula is C15H15F2NO. The SMILES string of the molecule is COc1cc(C)ccc1C(N)c1cccc(F)c1F. The number of rotatable bonds is 3. The van der Waals surface area contributed by atoms with Crippen LogP contribution in [-0.2, 0) is 0 Å². The molecule has 2 nitrogen and oxygen atoms in total. The van der Waals surface area contributed by atoms with Gasteiger partial charge in [0, 0.05) is 11.1 Å². The van der Waals surface area contributed by atoms with Crippen LogP contribution in [0.2, 0.25) is 0 Å². The van der Waals surface area contributed by atoms with Gasteiger partial charge in [0.1, 0.15) is 5.75 Å². The first kappa shape index (κ1) is 13.5. The second kappa shape index (κ2) is 5.36. The summed E-state index contributed by atoms with van der Waals surface area (Å²) in [6, 6.07) is 8.64. The first-order valence-corrected chi connectivity index (χ1v) is 5.88. The molecule has 0 fully saturated rings. The van der Waals surface area contributed by atoms with Crippen molar-refractivity contribution in [2.24, 2.45) is 5.73 Å². The van der Waals surface area contributed by atoms with Crippen LogP contribution in [0.1, 0.15) is 22.7 Å². The number of methoxy groups -OCH3 is 1. The smallest absolute Gasteiger partial charge is 0.163 e. The van der Waals surface area contributed by atoms with Gasteiger partial charge in [-0.3, -0.25) is 0 Å². The van der Waals surface area contributed by atoms with E-state index in [0.717, 1.165) is 11.6 Å². The zero-order valence-electron chi connectivity index (χ0n) is 10.8. The molecule has 100 valence electrons. The van der Waals surface area contributed by atoms with Gasteiger partial charge < -0.3 is 10.5 Å². The van der Waals surface area contributed by atoms with Gasteiger partial charge in [0.25, 0.3) is 0 Å². The molecule has 0 amide bonds. The average molecular weight is 263 g/mol. The zero-order valence-corrected chi connectivity index (χ0v) is 10.8. The molecule has 0 aliphatic rings. The van der Waals surface area contributed by atoms with Crippen molar-refractivity contribution in [2.45, 2.75) is 13.0 Å². The van der Waals surface area contributed by atoms with E-state index in [1.54, 1.807) is 6.07 Å². The molecule has 1 unspecified atom stereocenters. The third-order valence-corrected chi connectivity index (χ3v) is 3.04. The van der Waals surface area contributed by atoms with Crippen LogP contribution in [0.3, 0.4) is 0 Å². The minimum atomic E-state index is -0.919. The van der Waals surface area contributed by atoms with Crippen molar-refractivity contribution >= 4 is 0 Å². The van der Waals surface area contributed by atoms with E-state index in [2.05, 4.69) is 0 Å². The Hall–Kier alpha value is -1.94. The van der Waals surface area contributed by atoms with Crippen LogP contribution in [0, 0.1) is 18.6 Å². The van der Waals surface area contributed by atoms with Gasteiger partial charge >= 0.3 is 0 Å². The zero-order chi connectivity index (χ0) is 14.0. The minimum absolute atomic E-state index is 0.113. The van der Waals surface area contributed by atoms with Crippen molar-refractivity contribution in [1.82, 2.24) is 0 Å². The summed E-state index contributed by atoms with van der Waals surface area (Å²) in [4.78, 5) is 0. The standard InChI is InChI=1S/C15H15F2NO/c1-9-6-7-10(13(8-9)19-2)15(18)11-4-3-5-12(16)14(11)17/h3-8,15H,18H2,1-2H3. The molecule has 2 rings (SSSR count). The number of aryl methyl sites for hydroxylation is 1. The van der Waals surface area contributed by atoms with E-state index in [1.807, 2.05) is 19.1 Å². The molecular weight excluding hydrogens is 248 g/mol. The van der Waals surface area contributed by atoms with Crippen LogP contribution < -0.4 is 10.5 Å². The van der Waals surface area contributed by atoms with Gasteiger partial charge in [-0.2, -0.15) is 0 Å². The molecule has 19 heavy (non-hydrogen) atoms. The van der Waals surface area contributed by atoms with E-state index < -0.39 is 17.7 Å². The van der Waals surface area contributed by atoms with E-state index >= 15 is 0 Å². The summed E-state index contributed by atoms with van der Waals surface area (Å²) in [7, 11) is 1.52. The van der Waals surface area contributed by atoms with E-state index in [4.69, 9.17) is 10.5 Å². The Balaban J connectivity index is 2.49. The molecule has 2 aromatic carbocycles.